The van der Waals surface area contributed by atoms with Crippen molar-refractivity contribution >= 4 is 44.1 Å². The van der Waals surface area contributed by atoms with E-state index in [2.05, 4.69) is 4.98 Å². The van der Waals surface area contributed by atoms with Crippen molar-refractivity contribution < 1.29 is 9.90 Å². The zero-order valence-electron chi connectivity index (χ0n) is 8.75. The average Bonchev–Trinajstić information content (AvgIpc) is 2.66. The summed E-state index contributed by atoms with van der Waals surface area (Å²) in [6, 6.07) is 5.04. The van der Waals surface area contributed by atoms with Crippen molar-refractivity contribution in [2.24, 2.45) is 0 Å². The lowest BCUT2D eigenvalue weighted by Crippen LogP contribution is -2.21. The summed E-state index contributed by atoms with van der Waals surface area (Å²) in [5, 5.41) is 9.46. The van der Waals surface area contributed by atoms with E-state index >= 15 is 0 Å². The van der Waals surface area contributed by atoms with E-state index in [0.717, 1.165) is 10.9 Å². The first kappa shape index (κ1) is 11.2. The van der Waals surface area contributed by atoms with Crippen LogP contribution in [-0.2, 0) is 0 Å². The highest BCUT2D eigenvalue weighted by molar-refractivity contribution is 7.23. The molecule has 3 rings (SSSR count). The standard InChI is InChI=1S/C11H5ClN2O3S/c12-5-1-2-7-8(3-5)18-11-13-4-6(10(16)17)9(15)14(7)11/h1-4H,(H,16,17). The van der Waals surface area contributed by atoms with Crippen molar-refractivity contribution in [3.8, 4) is 0 Å². The summed E-state index contributed by atoms with van der Waals surface area (Å²) in [5.41, 5.74) is -0.316. The molecule has 5 nitrogen and oxygen atoms in total. The molecule has 0 fully saturated rings. The molecule has 1 N–H and O–H groups in total. The van der Waals surface area contributed by atoms with Crippen LogP contribution in [0.25, 0.3) is 15.2 Å². The van der Waals surface area contributed by atoms with Gasteiger partial charge in [-0.25, -0.2) is 9.78 Å². The Hall–Kier alpha value is -1.92. The molecule has 1 aromatic carbocycles. The Morgan fingerprint density at radius 3 is 2.94 bits per heavy atom. The molecule has 0 radical (unpaired) electrons. The molecule has 0 aliphatic carbocycles. The molecule has 0 atom stereocenters. The van der Waals surface area contributed by atoms with E-state index in [1.54, 1.807) is 18.2 Å². The third-order valence-electron chi connectivity index (χ3n) is 2.52. The molecule has 90 valence electrons. The molecule has 0 spiro atoms. The second-order valence-corrected chi connectivity index (χ2v) is 5.06. The Labute approximate surface area is 109 Å². The van der Waals surface area contributed by atoms with Gasteiger partial charge in [-0.2, -0.15) is 0 Å². The van der Waals surface area contributed by atoms with Crippen molar-refractivity contribution in [3.05, 3.63) is 45.3 Å². The van der Waals surface area contributed by atoms with E-state index in [9.17, 15) is 9.59 Å². The van der Waals surface area contributed by atoms with Crippen LogP contribution in [0.2, 0.25) is 5.02 Å². The third kappa shape index (κ3) is 1.50. The molecule has 3 aromatic rings. The van der Waals surface area contributed by atoms with E-state index in [1.165, 1.54) is 15.7 Å². The van der Waals surface area contributed by atoms with Crippen LogP contribution >= 0.6 is 22.9 Å². The Morgan fingerprint density at radius 2 is 2.22 bits per heavy atom. The van der Waals surface area contributed by atoms with Gasteiger partial charge in [0.2, 0.25) is 0 Å². The van der Waals surface area contributed by atoms with Gasteiger partial charge in [0.05, 0.1) is 16.4 Å². The summed E-state index contributed by atoms with van der Waals surface area (Å²) in [5.74, 6) is -1.28. The van der Waals surface area contributed by atoms with Gasteiger partial charge in [-0.3, -0.25) is 9.20 Å². The molecule has 18 heavy (non-hydrogen) atoms. The van der Waals surface area contributed by atoms with E-state index < -0.39 is 11.5 Å². The van der Waals surface area contributed by atoms with Crippen LogP contribution in [0.15, 0.2) is 29.2 Å². The SMILES string of the molecule is O=C(O)c1cnc2sc3cc(Cl)ccc3n2c1=O. The molecular weight excluding hydrogens is 276 g/mol. The summed E-state index contributed by atoms with van der Waals surface area (Å²) in [4.78, 5) is 27.4. The van der Waals surface area contributed by atoms with E-state index in [0.29, 0.717) is 15.5 Å². The Bertz CT molecular complexity index is 852. The van der Waals surface area contributed by atoms with Crippen LogP contribution in [0.1, 0.15) is 10.4 Å². The quantitative estimate of drug-likeness (QED) is 0.742. The topological polar surface area (TPSA) is 71.7 Å². The van der Waals surface area contributed by atoms with Gasteiger partial charge in [-0.1, -0.05) is 22.9 Å². The largest absolute Gasteiger partial charge is 0.477 e. The van der Waals surface area contributed by atoms with Crippen molar-refractivity contribution in [1.29, 1.82) is 0 Å². The predicted molar refractivity (Wildman–Crippen MR) is 68.8 cm³/mol. The van der Waals surface area contributed by atoms with Crippen molar-refractivity contribution in [3.63, 3.8) is 0 Å². The van der Waals surface area contributed by atoms with Crippen molar-refractivity contribution in [2.75, 3.05) is 0 Å². The van der Waals surface area contributed by atoms with Crippen molar-refractivity contribution in [1.82, 2.24) is 9.38 Å². The maximum absolute atomic E-state index is 12.0. The van der Waals surface area contributed by atoms with E-state index in [1.807, 2.05) is 0 Å². The molecule has 0 unspecified atom stereocenters. The minimum absolute atomic E-state index is 0.345. The van der Waals surface area contributed by atoms with Crippen LogP contribution in [-0.4, -0.2) is 20.5 Å². The molecule has 0 amide bonds. The summed E-state index contributed by atoms with van der Waals surface area (Å²) >= 11 is 7.16. The molecule has 2 aromatic heterocycles. The van der Waals surface area contributed by atoms with Gasteiger partial charge < -0.3 is 5.11 Å². The van der Waals surface area contributed by atoms with Gasteiger partial charge in [-0.15, -0.1) is 0 Å². The lowest BCUT2D eigenvalue weighted by molar-refractivity contribution is 0.0694. The zero-order chi connectivity index (χ0) is 12.9. The first-order valence-corrected chi connectivity index (χ1v) is 6.10. The minimum atomic E-state index is -1.28. The fourth-order valence-electron chi connectivity index (χ4n) is 1.72. The average molecular weight is 281 g/mol. The fraction of sp³-hybridized carbons (Fsp3) is 0. The minimum Gasteiger partial charge on any atom is -0.477 e. The van der Waals surface area contributed by atoms with Gasteiger partial charge in [-0.05, 0) is 18.2 Å². The predicted octanol–water partition coefficient (Wildman–Crippen LogP) is 2.26. The van der Waals surface area contributed by atoms with Gasteiger partial charge in [0.15, 0.2) is 4.96 Å². The molecule has 0 aliphatic rings. The fourth-order valence-corrected chi connectivity index (χ4v) is 2.99. The maximum atomic E-state index is 12.0. The Balaban J connectivity index is 2.54. The van der Waals surface area contributed by atoms with Crippen LogP contribution in [0.4, 0.5) is 0 Å². The number of hydrogen-bond acceptors (Lipinski definition) is 4. The van der Waals surface area contributed by atoms with Gasteiger partial charge >= 0.3 is 5.97 Å². The van der Waals surface area contributed by atoms with E-state index in [4.69, 9.17) is 16.7 Å². The van der Waals surface area contributed by atoms with Crippen LogP contribution in [0.5, 0.6) is 0 Å². The summed E-state index contributed by atoms with van der Waals surface area (Å²) < 4.78 is 2.08. The Morgan fingerprint density at radius 1 is 1.44 bits per heavy atom. The maximum Gasteiger partial charge on any atom is 0.342 e. The highest BCUT2D eigenvalue weighted by Crippen LogP contribution is 2.26. The van der Waals surface area contributed by atoms with Gasteiger partial charge in [0.25, 0.3) is 5.56 Å². The number of halogens is 1. The Kier molecular flexibility index (Phi) is 2.36. The van der Waals surface area contributed by atoms with Gasteiger partial charge in [0.1, 0.15) is 5.56 Å². The number of carboxylic acid groups (broad SMARTS) is 1. The van der Waals surface area contributed by atoms with Crippen LogP contribution in [0, 0.1) is 0 Å². The summed E-state index contributed by atoms with van der Waals surface area (Å²) in [6.45, 7) is 0. The lowest BCUT2D eigenvalue weighted by Gasteiger charge is -1.96. The summed E-state index contributed by atoms with van der Waals surface area (Å²) in [7, 11) is 0. The second kappa shape index (κ2) is 3.79. The third-order valence-corrected chi connectivity index (χ3v) is 3.78. The molecular formula is C11H5ClN2O3S. The van der Waals surface area contributed by atoms with Crippen LogP contribution in [0.3, 0.4) is 0 Å². The number of hydrogen-bond donors (Lipinski definition) is 1. The monoisotopic (exact) mass is 280 g/mol. The normalized spacial score (nSPS) is 11.2. The lowest BCUT2D eigenvalue weighted by atomic mass is 10.3. The molecule has 0 saturated heterocycles. The van der Waals surface area contributed by atoms with Gasteiger partial charge in [0, 0.05) is 5.02 Å². The number of fused-ring (bicyclic) bond motifs is 3. The number of thiazole rings is 1. The molecule has 7 heteroatoms. The smallest absolute Gasteiger partial charge is 0.342 e. The first-order valence-electron chi connectivity index (χ1n) is 4.91. The number of carbonyl (C=O) groups is 1. The molecule has 0 aliphatic heterocycles. The number of benzene rings is 1. The zero-order valence-corrected chi connectivity index (χ0v) is 10.3. The second-order valence-electron chi connectivity index (χ2n) is 3.61. The number of rotatable bonds is 1. The first-order chi connectivity index (χ1) is 8.58. The highest BCUT2D eigenvalue weighted by Gasteiger charge is 2.15. The number of aromatic carboxylic acids is 1. The van der Waals surface area contributed by atoms with Crippen LogP contribution < -0.4 is 5.56 Å². The molecule has 0 bridgehead atoms. The van der Waals surface area contributed by atoms with Crippen molar-refractivity contribution in [2.45, 2.75) is 0 Å². The number of nitrogens with zero attached hydrogens (tertiary/aromatic N) is 2. The number of carboxylic acids is 1. The molecule has 0 saturated carbocycles. The van der Waals surface area contributed by atoms with E-state index in [-0.39, 0.29) is 5.56 Å². The molecule has 2 heterocycles. The number of aromatic nitrogens is 2. The highest BCUT2D eigenvalue weighted by atomic mass is 35.5. The summed E-state index contributed by atoms with van der Waals surface area (Å²) in [6.07, 6.45) is 1.08.